The lowest BCUT2D eigenvalue weighted by molar-refractivity contribution is -0.115. The molecule has 3 N–H and O–H groups in total. The zero-order valence-electron chi connectivity index (χ0n) is 10.8. The molecule has 0 radical (unpaired) electrons. The van der Waals surface area contributed by atoms with Crippen molar-refractivity contribution in [1.82, 2.24) is 5.32 Å². The molecule has 0 fully saturated rings. The second-order valence-electron chi connectivity index (χ2n) is 4.13. The number of carbonyl (C=O) groups is 1. The summed E-state index contributed by atoms with van der Waals surface area (Å²) < 4.78 is 4.91. The highest BCUT2D eigenvalue weighted by Gasteiger charge is 2.09. The number of ether oxygens (including phenoxy) is 1. The maximum absolute atomic E-state index is 11.7. The summed E-state index contributed by atoms with van der Waals surface area (Å²) in [5.41, 5.74) is 1.86. The Morgan fingerprint density at radius 1 is 1.50 bits per heavy atom. The maximum Gasteiger partial charge on any atom is 0.238 e. The number of rotatable bonds is 7. The first-order chi connectivity index (χ1) is 8.65. The van der Waals surface area contributed by atoms with Crippen LogP contribution in [-0.2, 0) is 9.53 Å². The Labute approximate surface area is 107 Å². The van der Waals surface area contributed by atoms with Crippen LogP contribution in [0.1, 0.15) is 5.56 Å². The van der Waals surface area contributed by atoms with Crippen molar-refractivity contribution < 1.29 is 14.6 Å². The zero-order valence-corrected chi connectivity index (χ0v) is 10.8. The molecule has 1 rings (SSSR count). The first kappa shape index (κ1) is 14.6. The monoisotopic (exact) mass is 252 g/mol. The van der Waals surface area contributed by atoms with Crippen LogP contribution >= 0.6 is 0 Å². The van der Waals surface area contributed by atoms with Crippen molar-refractivity contribution in [3.63, 3.8) is 0 Å². The molecule has 1 unspecified atom stereocenters. The van der Waals surface area contributed by atoms with E-state index < -0.39 is 0 Å². The van der Waals surface area contributed by atoms with Gasteiger partial charge in [-0.15, -0.1) is 0 Å². The fourth-order valence-electron chi connectivity index (χ4n) is 1.54. The molecular formula is C13H20N2O3. The lowest BCUT2D eigenvalue weighted by atomic mass is 10.2. The van der Waals surface area contributed by atoms with E-state index in [1.54, 1.807) is 7.11 Å². The van der Waals surface area contributed by atoms with E-state index in [1.165, 1.54) is 0 Å². The Hall–Kier alpha value is -1.43. The molecule has 1 atom stereocenters. The van der Waals surface area contributed by atoms with Gasteiger partial charge in [0.2, 0.25) is 5.91 Å². The molecule has 1 aromatic rings. The highest BCUT2D eigenvalue weighted by Crippen LogP contribution is 2.08. The third-order valence-electron chi connectivity index (χ3n) is 2.44. The summed E-state index contributed by atoms with van der Waals surface area (Å²) in [6.07, 6.45) is 0. The molecule has 0 aliphatic rings. The van der Waals surface area contributed by atoms with Crippen LogP contribution in [-0.4, -0.2) is 43.9 Å². The van der Waals surface area contributed by atoms with E-state index in [0.29, 0.717) is 6.61 Å². The van der Waals surface area contributed by atoms with Gasteiger partial charge in [-0.2, -0.15) is 0 Å². The average Bonchev–Trinajstić information content (AvgIpc) is 2.34. The third-order valence-corrected chi connectivity index (χ3v) is 2.44. The van der Waals surface area contributed by atoms with Gasteiger partial charge in [-0.1, -0.05) is 12.1 Å². The quantitative estimate of drug-likeness (QED) is 0.662. The summed E-state index contributed by atoms with van der Waals surface area (Å²) in [5.74, 6) is -0.143. The molecule has 5 nitrogen and oxygen atoms in total. The van der Waals surface area contributed by atoms with Crippen molar-refractivity contribution >= 4 is 11.6 Å². The fraction of sp³-hybridized carbons (Fsp3) is 0.462. The van der Waals surface area contributed by atoms with Gasteiger partial charge in [0.15, 0.2) is 0 Å². The number of aliphatic hydroxyl groups excluding tert-OH is 1. The SMILES string of the molecule is COCC(CO)NCC(=O)Nc1cccc(C)c1. The zero-order chi connectivity index (χ0) is 13.4. The molecule has 1 amide bonds. The largest absolute Gasteiger partial charge is 0.395 e. The smallest absolute Gasteiger partial charge is 0.238 e. The number of methoxy groups -OCH3 is 1. The highest BCUT2D eigenvalue weighted by atomic mass is 16.5. The van der Waals surface area contributed by atoms with E-state index in [2.05, 4.69) is 10.6 Å². The molecular weight excluding hydrogens is 232 g/mol. The van der Waals surface area contributed by atoms with Crippen molar-refractivity contribution in [2.45, 2.75) is 13.0 Å². The van der Waals surface area contributed by atoms with Crippen molar-refractivity contribution in [3.05, 3.63) is 29.8 Å². The Bertz CT molecular complexity index is 382. The summed E-state index contributed by atoms with van der Waals surface area (Å²) in [4.78, 5) is 11.7. The molecule has 0 aromatic heterocycles. The number of aryl methyl sites for hydroxylation is 1. The lowest BCUT2D eigenvalue weighted by Gasteiger charge is -2.14. The number of anilines is 1. The number of hydrogen-bond acceptors (Lipinski definition) is 4. The predicted molar refractivity (Wildman–Crippen MR) is 70.6 cm³/mol. The Morgan fingerprint density at radius 3 is 2.89 bits per heavy atom. The van der Waals surface area contributed by atoms with Gasteiger partial charge in [-0.05, 0) is 24.6 Å². The second-order valence-corrected chi connectivity index (χ2v) is 4.13. The van der Waals surface area contributed by atoms with Crippen LogP contribution in [0, 0.1) is 6.92 Å². The number of carbonyl (C=O) groups excluding carboxylic acids is 1. The van der Waals surface area contributed by atoms with Gasteiger partial charge in [0.25, 0.3) is 0 Å². The van der Waals surface area contributed by atoms with Crippen LogP contribution in [0.15, 0.2) is 24.3 Å². The van der Waals surface area contributed by atoms with Crippen molar-refractivity contribution in [2.75, 3.05) is 32.2 Å². The summed E-state index contributed by atoms with van der Waals surface area (Å²) in [5, 5.41) is 14.7. The van der Waals surface area contributed by atoms with Crippen LogP contribution in [0.2, 0.25) is 0 Å². The first-order valence-electron chi connectivity index (χ1n) is 5.85. The van der Waals surface area contributed by atoms with Crippen LogP contribution in [0.4, 0.5) is 5.69 Å². The lowest BCUT2D eigenvalue weighted by Crippen LogP contribution is -2.41. The van der Waals surface area contributed by atoms with Crippen LogP contribution in [0.3, 0.4) is 0 Å². The van der Waals surface area contributed by atoms with E-state index in [9.17, 15) is 4.79 Å². The normalized spacial score (nSPS) is 12.2. The molecule has 100 valence electrons. The Kier molecular flexibility index (Phi) is 6.35. The number of benzene rings is 1. The minimum absolute atomic E-state index is 0.0639. The average molecular weight is 252 g/mol. The minimum atomic E-state index is -0.224. The van der Waals surface area contributed by atoms with Gasteiger partial charge in [-0.25, -0.2) is 0 Å². The summed E-state index contributed by atoms with van der Waals surface area (Å²) in [7, 11) is 1.55. The van der Waals surface area contributed by atoms with Crippen LogP contribution in [0.5, 0.6) is 0 Å². The molecule has 0 aliphatic carbocycles. The summed E-state index contributed by atoms with van der Waals surface area (Å²) in [6.45, 7) is 2.41. The van der Waals surface area contributed by atoms with Gasteiger partial charge >= 0.3 is 0 Å². The van der Waals surface area contributed by atoms with E-state index in [4.69, 9.17) is 9.84 Å². The fourth-order valence-corrected chi connectivity index (χ4v) is 1.54. The number of nitrogens with one attached hydrogen (secondary N) is 2. The molecule has 5 heteroatoms. The van der Waals surface area contributed by atoms with E-state index in [-0.39, 0.29) is 25.1 Å². The van der Waals surface area contributed by atoms with Gasteiger partial charge < -0.3 is 20.5 Å². The van der Waals surface area contributed by atoms with E-state index in [0.717, 1.165) is 11.3 Å². The second kappa shape index (κ2) is 7.81. The van der Waals surface area contributed by atoms with Crippen molar-refractivity contribution in [3.8, 4) is 0 Å². The molecule has 0 saturated carbocycles. The highest BCUT2D eigenvalue weighted by molar-refractivity contribution is 5.92. The van der Waals surface area contributed by atoms with Crippen molar-refractivity contribution in [1.29, 1.82) is 0 Å². The summed E-state index contributed by atoms with van der Waals surface area (Å²) >= 11 is 0. The van der Waals surface area contributed by atoms with Crippen molar-refractivity contribution in [2.24, 2.45) is 0 Å². The standard InChI is InChI=1S/C13H20N2O3/c1-10-4-3-5-11(6-10)15-13(17)7-14-12(8-16)9-18-2/h3-6,12,14,16H,7-9H2,1-2H3,(H,15,17). The van der Waals surface area contributed by atoms with Gasteiger partial charge in [0, 0.05) is 12.8 Å². The molecule has 0 saturated heterocycles. The van der Waals surface area contributed by atoms with E-state index >= 15 is 0 Å². The molecule has 0 bridgehead atoms. The van der Waals surface area contributed by atoms with E-state index in [1.807, 2.05) is 31.2 Å². The predicted octanol–water partition coefficient (Wildman–Crippen LogP) is 0.530. The maximum atomic E-state index is 11.7. The third kappa shape index (κ3) is 5.27. The number of hydrogen-bond donors (Lipinski definition) is 3. The van der Waals surface area contributed by atoms with Crippen LogP contribution < -0.4 is 10.6 Å². The van der Waals surface area contributed by atoms with Crippen LogP contribution in [0.25, 0.3) is 0 Å². The minimum Gasteiger partial charge on any atom is -0.395 e. The topological polar surface area (TPSA) is 70.6 Å². The number of aliphatic hydroxyl groups is 1. The Morgan fingerprint density at radius 2 is 2.28 bits per heavy atom. The first-order valence-corrected chi connectivity index (χ1v) is 5.85. The molecule has 0 aliphatic heterocycles. The Balaban J connectivity index is 2.37. The molecule has 0 spiro atoms. The van der Waals surface area contributed by atoms with Gasteiger partial charge in [0.05, 0.1) is 25.8 Å². The summed E-state index contributed by atoms with van der Waals surface area (Å²) in [6, 6.07) is 7.37. The molecule has 0 heterocycles. The molecule has 18 heavy (non-hydrogen) atoms. The molecule has 1 aromatic carbocycles. The van der Waals surface area contributed by atoms with Gasteiger partial charge in [-0.3, -0.25) is 4.79 Å². The van der Waals surface area contributed by atoms with Gasteiger partial charge in [0.1, 0.15) is 0 Å². The number of amides is 1.